The molecule has 0 spiro atoms. The number of nitrogens with zero attached hydrogens (tertiary/aromatic N) is 2. The average molecular weight is 482 g/mol. The number of para-hydroxylation sites is 2. The highest BCUT2D eigenvalue weighted by molar-refractivity contribution is 7.94. The summed E-state index contributed by atoms with van der Waals surface area (Å²) in [7, 11) is -3.84. The summed E-state index contributed by atoms with van der Waals surface area (Å²) in [6.07, 6.45) is 0. The number of sulfonamides is 1. The van der Waals surface area contributed by atoms with Crippen LogP contribution in [-0.2, 0) is 10.0 Å². The van der Waals surface area contributed by atoms with Crippen LogP contribution in [0.1, 0.15) is 26.5 Å². The molecule has 168 valence electrons. The molecule has 2 aromatic heterocycles. The molecule has 0 bridgehead atoms. The Morgan fingerprint density at radius 2 is 1.61 bits per heavy atom. The number of benzene rings is 2. The maximum absolute atomic E-state index is 12.7. The molecular formula is C22H19N5O4S2. The van der Waals surface area contributed by atoms with E-state index in [4.69, 9.17) is 0 Å². The molecule has 0 saturated heterocycles. The fourth-order valence-electron chi connectivity index (χ4n) is 3.04. The topological polar surface area (TPSA) is 122 Å². The summed E-state index contributed by atoms with van der Waals surface area (Å²) in [6.45, 7) is 1.81. The molecule has 11 heteroatoms. The molecule has 0 fully saturated rings. The number of aromatic nitrogens is 2. The first-order valence-corrected chi connectivity index (χ1v) is 12.1. The van der Waals surface area contributed by atoms with E-state index < -0.39 is 21.8 Å². The minimum atomic E-state index is -3.84. The monoisotopic (exact) mass is 481 g/mol. The summed E-state index contributed by atoms with van der Waals surface area (Å²) < 4.78 is 29.2. The lowest BCUT2D eigenvalue weighted by Gasteiger charge is -2.12. The lowest BCUT2D eigenvalue weighted by molar-refractivity contribution is 0.0844. The SMILES string of the molecule is Cc1cc(C(=O)NNC(=O)c2ccccc2NS(=O)(=O)c2cccs2)nn1-c1ccccc1. The van der Waals surface area contributed by atoms with Gasteiger partial charge in [-0.25, -0.2) is 13.1 Å². The van der Waals surface area contributed by atoms with Gasteiger partial charge in [-0.1, -0.05) is 36.4 Å². The van der Waals surface area contributed by atoms with Crippen molar-refractivity contribution in [1.82, 2.24) is 20.6 Å². The largest absolute Gasteiger partial charge is 0.290 e. The van der Waals surface area contributed by atoms with E-state index in [9.17, 15) is 18.0 Å². The number of rotatable bonds is 6. The molecule has 0 unspecified atom stereocenters. The van der Waals surface area contributed by atoms with Crippen molar-refractivity contribution in [3.05, 3.63) is 95.1 Å². The summed E-state index contributed by atoms with van der Waals surface area (Å²) in [5.74, 6) is -1.30. The average Bonchev–Trinajstić information content (AvgIpc) is 3.49. The summed E-state index contributed by atoms with van der Waals surface area (Å²) in [5.41, 5.74) is 6.41. The maximum Gasteiger partial charge on any atom is 0.290 e. The van der Waals surface area contributed by atoms with Crippen LogP contribution in [0.4, 0.5) is 5.69 Å². The zero-order chi connectivity index (χ0) is 23.4. The molecule has 3 N–H and O–H groups in total. The van der Waals surface area contributed by atoms with E-state index in [0.717, 1.165) is 22.7 Å². The van der Waals surface area contributed by atoms with E-state index in [2.05, 4.69) is 20.7 Å². The van der Waals surface area contributed by atoms with Crippen LogP contribution in [0.2, 0.25) is 0 Å². The minimum absolute atomic E-state index is 0.0453. The molecular weight excluding hydrogens is 462 g/mol. The van der Waals surface area contributed by atoms with Crippen molar-refractivity contribution in [2.45, 2.75) is 11.1 Å². The molecule has 0 radical (unpaired) electrons. The highest BCUT2D eigenvalue weighted by Gasteiger charge is 2.20. The second-order valence-corrected chi connectivity index (χ2v) is 9.77. The number of hydrogen-bond acceptors (Lipinski definition) is 6. The third-order valence-corrected chi connectivity index (χ3v) is 7.35. The van der Waals surface area contributed by atoms with E-state index in [1.165, 1.54) is 18.2 Å². The lowest BCUT2D eigenvalue weighted by Crippen LogP contribution is -2.42. The second kappa shape index (κ2) is 9.27. The van der Waals surface area contributed by atoms with E-state index in [1.807, 2.05) is 37.3 Å². The van der Waals surface area contributed by atoms with Gasteiger partial charge in [-0.3, -0.25) is 25.2 Å². The first-order chi connectivity index (χ1) is 15.8. The van der Waals surface area contributed by atoms with Gasteiger partial charge in [0.25, 0.3) is 21.8 Å². The lowest BCUT2D eigenvalue weighted by atomic mass is 10.2. The molecule has 0 aliphatic rings. The third kappa shape index (κ3) is 4.94. The Kier molecular flexibility index (Phi) is 6.24. The van der Waals surface area contributed by atoms with Gasteiger partial charge in [-0.2, -0.15) is 5.10 Å². The highest BCUT2D eigenvalue weighted by atomic mass is 32.2. The molecule has 0 aliphatic heterocycles. The van der Waals surface area contributed by atoms with E-state index >= 15 is 0 Å². The Hall–Kier alpha value is -3.96. The molecule has 2 aromatic carbocycles. The van der Waals surface area contributed by atoms with E-state index in [-0.39, 0.29) is 21.2 Å². The number of nitrogens with one attached hydrogen (secondary N) is 3. The first kappa shape index (κ1) is 22.2. The highest BCUT2D eigenvalue weighted by Crippen LogP contribution is 2.22. The van der Waals surface area contributed by atoms with Crippen LogP contribution in [0.3, 0.4) is 0 Å². The van der Waals surface area contributed by atoms with Gasteiger partial charge < -0.3 is 0 Å². The Bertz CT molecular complexity index is 1400. The molecule has 2 amide bonds. The maximum atomic E-state index is 12.7. The molecule has 0 aliphatic carbocycles. The van der Waals surface area contributed by atoms with Crippen molar-refractivity contribution in [3.63, 3.8) is 0 Å². The van der Waals surface area contributed by atoms with Gasteiger partial charge in [-0.15, -0.1) is 11.3 Å². The van der Waals surface area contributed by atoms with Gasteiger partial charge in [0, 0.05) is 5.69 Å². The third-order valence-electron chi connectivity index (χ3n) is 4.59. The van der Waals surface area contributed by atoms with Crippen molar-refractivity contribution in [1.29, 1.82) is 0 Å². The van der Waals surface area contributed by atoms with Gasteiger partial charge in [0.15, 0.2) is 5.69 Å². The Labute approximate surface area is 194 Å². The summed E-state index contributed by atoms with van der Waals surface area (Å²) in [5, 5.41) is 5.93. The van der Waals surface area contributed by atoms with Crippen LogP contribution < -0.4 is 15.6 Å². The standard InChI is InChI=1S/C22H19N5O4S2/c1-15-14-19(25-27(15)16-8-3-2-4-9-16)22(29)24-23-21(28)17-10-5-6-11-18(17)26-33(30,31)20-12-7-13-32-20/h2-14,26H,1H3,(H,23,28)(H,24,29). The van der Waals surface area contributed by atoms with Gasteiger partial charge in [-0.05, 0) is 48.7 Å². The first-order valence-electron chi connectivity index (χ1n) is 9.73. The zero-order valence-corrected chi connectivity index (χ0v) is 19.0. The van der Waals surface area contributed by atoms with Gasteiger partial charge >= 0.3 is 0 Å². The summed E-state index contributed by atoms with van der Waals surface area (Å²) in [6, 6.07) is 20.1. The minimum Gasteiger partial charge on any atom is -0.278 e. The van der Waals surface area contributed by atoms with Crippen LogP contribution in [0.5, 0.6) is 0 Å². The van der Waals surface area contributed by atoms with Crippen LogP contribution in [0.25, 0.3) is 5.69 Å². The van der Waals surface area contributed by atoms with Crippen molar-refractivity contribution in [2.75, 3.05) is 4.72 Å². The van der Waals surface area contributed by atoms with Crippen LogP contribution in [0, 0.1) is 6.92 Å². The smallest absolute Gasteiger partial charge is 0.278 e. The molecule has 4 rings (SSSR count). The van der Waals surface area contributed by atoms with Crippen molar-refractivity contribution < 1.29 is 18.0 Å². The van der Waals surface area contributed by atoms with Crippen molar-refractivity contribution in [2.24, 2.45) is 0 Å². The van der Waals surface area contributed by atoms with Gasteiger partial charge in [0.1, 0.15) is 4.21 Å². The number of carbonyl (C=O) groups is 2. The number of hydrogen-bond donors (Lipinski definition) is 3. The molecule has 4 aromatic rings. The number of anilines is 1. The zero-order valence-electron chi connectivity index (χ0n) is 17.3. The summed E-state index contributed by atoms with van der Waals surface area (Å²) in [4.78, 5) is 25.2. The number of amides is 2. The normalized spacial score (nSPS) is 11.1. The van der Waals surface area contributed by atoms with Crippen molar-refractivity contribution in [3.8, 4) is 5.69 Å². The van der Waals surface area contributed by atoms with E-state index in [1.54, 1.807) is 34.3 Å². The molecule has 0 saturated carbocycles. The van der Waals surface area contributed by atoms with E-state index in [0.29, 0.717) is 0 Å². The Balaban J connectivity index is 1.46. The van der Waals surface area contributed by atoms with Crippen LogP contribution >= 0.6 is 11.3 Å². The Morgan fingerprint density at radius 1 is 0.909 bits per heavy atom. The number of carbonyl (C=O) groups excluding carboxylic acids is 2. The quantitative estimate of drug-likeness (QED) is 0.365. The van der Waals surface area contributed by atoms with Crippen molar-refractivity contribution >= 4 is 38.9 Å². The molecule has 9 nitrogen and oxygen atoms in total. The molecule has 2 heterocycles. The predicted octanol–water partition coefficient (Wildman–Crippen LogP) is 3.12. The number of hydrazine groups is 1. The summed E-state index contributed by atoms with van der Waals surface area (Å²) >= 11 is 1.06. The molecule has 0 atom stereocenters. The van der Waals surface area contributed by atoms with Gasteiger partial charge in [0.2, 0.25) is 0 Å². The Morgan fingerprint density at radius 3 is 2.33 bits per heavy atom. The fourth-order valence-corrected chi connectivity index (χ4v) is 5.12. The fraction of sp³-hybridized carbons (Fsp3) is 0.0455. The van der Waals surface area contributed by atoms with Gasteiger partial charge in [0.05, 0.1) is 16.9 Å². The van der Waals surface area contributed by atoms with Crippen LogP contribution in [-0.4, -0.2) is 30.0 Å². The van der Waals surface area contributed by atoms with Crippen LogP contribution in [0.15, 0.2) is 82.4 Å². The number of aryl methyl sites for hydroxylation is 1. The predicted molar refractivity (Wildman–Crippen MR) is 125 cm³/mol. The molecule has 33 heavy (non-hydrogen) atoms. The second-order valence-electron chi connectivity index (χ2n) is 6.91. The number of thiophene rings is 1.